The summed E-state index contributed by atoms with van der Waals surface area (Å²) in [5.74, 6) is -1.49. The van der Waals surface area contributed by atoms with E-state index >= 15 is 0 Å². The molecule has 0 radical (unpaired) electrons. The molecule has 0 aromatic heterocycles. The van der Waals surface area contributed by atoms with E-state index in [1.54, 1.807) is 6.92 Å². The van der Waals surface area contributed by atoms with E-state index in [0.29, 0.717) is 17.6 Å². The summed E-state index contributed by atoms with van der Waals surface area (Å²) in [6.07, 6.45) is 5.31. The van der Waals surface area contributed by atoms with Crippen LogP contribution in [0.15, 0.2) is 12.7 Å². The molecule has 2 unspecified atom stereocenters. The van der Waals surface area contributed by atoms with Crippen molar-refractivity contribution in [2.45, 2.75) is 52.6 Å². The zero-order chi connectivity index (χ0) is 15.6. The predicted octanol–water partition coefficient (Wildman–Crippen LogP) is 1.34. The minimum atomic E-state index is -1.00. The summed E-state index contributed by atoms with van der Waals surface area (Å²) < 4.78 is 0.637. The number of carbonyl (C=O) groups excluding carboxylic acids is 1. The average molecular weight is 285 g/mol. The van der Waals surface area contributed by atoms with Gasteiger partial charge in [0.1, 0.15) is 12.6 Å². The molecule has 2 atom stereocenters. The topological polar surface area (TPSA) is 60.4 Å². The molecular weight excluding hydrogens is 254 g/mol. The number of unbranched alkanes of at least 4 members (excludes halogenated alkanes) is 2. The van der Waals surface area contributed by atoms with Crippen LogP contribution in [0.5, 0.6) is 0 Å². The van der Waals surface area contributed by atoms with Crippen molar-refractivity contribution in [2.75, 3.05) is 26.2 Å². The molecule has 20 heavy (non-hydrogen) atoms. The van der Waals surface area contributed by atoms with Crippen LogP contribution < -0.4 is 5.11 Å². The standard InChI is InChI=1S/C16H31NO3/c1-5-8-9-10-11-15(18)13-17(6-2,7-3)12-14(4)16(19)20/h5,14-15,18H,1,6-13H2,2-4H3. The first kappa shape index (κ1) is 19.1. The van der Waals surface area contributed by atoms with Gasteiger partial charge in [-0.1, -0.05) is 19.4 Å². The molecule has 0 aliphatic rings. The van der Waals surface area contributed by atoms with Crippen molar-refractivity contribution in [1.82, 2.24) is 0 Å². The van der Waals surface area contributed by atoms with Gasteiger partial charge in [0, 0.05) is 11.9 Å². The maximum Gasteiger partial charge on any atom is 0.105 e. The molecule has 0 saturated heterocycles. The Labute approximate surface area is 123 Å². The molecule has 118 valence electrons. The third-order valence-electron chi connectivity index (χ3n) is 4.20. The molecule has 0 rings (SSSR count). The molecule has 0 amide bonds. The minimum Gasteiger partial charge on any atom is -0.550 e. The van der Waals surface area contributed by atoms with E-state index in [1.807, 2.05) is 6.08 Å². The summed E-state index contributed by atoms with van der Waals surface area (Å²) in [4.78, 5) is 10.9. The Bertz CT molecular complexity index is 287. The van der Waals surface area contributed by atoms with Gasteiger partial charge in [0.2, 0.25) is 0 Å². The smallest absolute Gasteiger partial charge is 0.105 e. The molecule has 0 aromatic carbocycles. The number of hydrogen-bond acceptors (Lipinski definition) is 3. The van der Waals surface area contributed by atoms with Gasteiger partial charge in [-0.2, -0.15) is 0 Å². The highest BCUT2D eigenvalue weighted by molar-refractivity contribution is 5.67. The third-order valence-corrected chi connectivity index (χ3v) is 4.20. The first-order valence-corrected chi connectivity index (χ1v) is 7.75. The zero-order valence-corrected chi connectivity index (χ0v) is 13.3. The molecule has 0 aliphatic heterocycles. The lowest BCUT2D eigenvalue weighted by molar-refractivity contribution is -0.929. The molecule has 0 saturated carbocycles. The second-order valence-corrected chi connectivity index (χ2v) is 5.79. The van der Waals surface area contributed by atoms with E-state index in [2.05, 4.69) is 20.4 Å². The van der Waals surface area contributed by atoms with Crippen LogP contribution in [0.1, 0.15) is 46.5 Å². The number of allylic oxidation sites excluding steroid dienone is 1. The SMILES string of the molecule is C=CCCCCC(O)C[N+](CC)(CC)CC(C)C(=O)[O-]. The van der Waals surface area contributed by atoms with Crippen LogP contribution in [0.2, 0.25) is 0 Å². The van der Waals surface area contributed by atoms with Gasteiger partial charge in [0.15, 0.2) is 0 Å². The van der Waals surface area contributed by atoms with Crippen molar-refractivity contribution in [2.24, 2.45) is 5.92 Å². The van der Waals surface area contributed by atoms with Gasteiger partial charge < -0.3 is 19.5 Å². The molecule has 1 N–H and O–H groups in total. The number of carboxylic acid groups (broad SMARTS) is 1. The maximum absolute atomic E-state index is 10.9. The lowest BCUT2D eigenvalue weighted by Crippen LogP contribution is -2.56. The summed E-state index contributed by atoms with van der Waals surface area (Å²) in [5, 5.41) is 21.1. The van der Waals surface area contributed by atoms with Gasteiger partial charge in [-0.3, -0.25) is 0 Å². The van der Waals surface area contributed by atoms with Gasteiger partial charge >= 0.3 is 0 Å². The van der Waals surface area contributed by atoms with Crippen LogP contribution in [0, 0.1) is 5.92 Å². The molecule has 0 spiro atoms. The van der Waals surface area contributed by atoms with Crippen LogP contribution in [-0.2, 0) is 4.79 Å². The molecule has 4 nitrogen and oxygen atoms in total. The molecule has 0 bridgehead atoms. The van der Waals surface area contributed by atoms with Gasteiger partial charge in [0.25, 0.3) is 0 Å². The number of aliphatic carboxylic acids is 1. The molecular formula is C16H31NO3. The van der Waals surface area contributed by atoms with Gasteiger partial charge in [-0.15, -0.1) is 6.58 Å². The van der Waals surface area contributed by atoms with Crippen molar-refractivity contribution >= 4 is 5.97 Å². The fourth-order valence-corrected chi connectivity index (χ4v) is 2.68. The Balaban J connectivity index is 4.42. The number of hydrogen-bond donors (Lipinski definition) is 1. The normalized spacial score (nSPS) is 14.8. The van der Waals surface area contributed by atoms with Crippen LogP contribution in [0.4, 0.5) is 0 Å². The van der Waals surface area contributed by atoms with Crippen molar-refractivity contribution in [1.29, 1.82) is 0 Å². The lowest BCUT2D eigenvalue weighted by Gasteiger charge is -2.40. The van der Waals surface area contributed by atoms with Gasteiger partial charge in [-0.25, -0.2) is 0 Å². The van der Waals surface area contributed by atoms with E-state index in [-0.39, 0.29) is 6.10 Å². The number of carboxylic acids is 1. The van der Waals surface area contributed by atoms with Crippen LogP contribution in [0.25, 0.3) is 0 Å². The van der Waals surface area contributed by atoms with Crippen molar-refractivity contribution in [3.05, 3.63) is 12.7 Å². The van der Waals surface area contributed by atoms with E-state index < -0.39 is 11.9 Å². The minimum absolute atomic E-state index is 0.367. The Kier molecular flexibility index (Phi) is 9.51. The summed E-state index contributed by atoms with van der Waals surface area (Å²) in [7, 11) is 0. The fourth-order valence-electron chi connectivity index (χ4n) is 2.68. The highest BCUT2D eigenvalue weighted by atomic mass is 16.4. The first-order chi connectivity index (χ1) is 9.40. The van der Waals surface area contributed by atoms with E-state index in [1.165, 1.54) is 0 Å². The molecule has 4 heteroatoms. The first-order valence-electron chi connectivity index (χ1n) is 7.75. The number of rotatable bonds is 12. The Hall–Kier alpha value is -0.870. The highest BCUT2D eigenvalue weighted by Crippen LogP contribution is 2.15. The Morgan fingerprint density at radius 2 is 1.90 bits per heavy atom. The molecule has 0 aromatic rings. The summed E-state index contributed by atoms with van der Waals surface area (Å²) >= 11 is 0. The zero-order valence-electron chi connectivity index (χ0n) is 13.3. The quantitative estimate of drug-likeness (QED) is 0.334. The Morgan fingerprint density at radius 1 is 1.30 bits per heavy atom. The van der Waals surface area contributed by atoms with Crippen molar-refractivity contribution in [3.63, 3.8) is 0 Å². The number of quaternary nitrogens is 1. The molecule has 0 fully saturated rings. The highest BCUT2D eigenvalue weighted by Gasteiger charge is 2.29. The molecule has 0 heterocycles. The predicted molar refractivity (Wildman–Crippen MR) is 79.9 cm³/mol. The summed E-state index contributed by atoms with van der Waals surface area (Å²) in [6, 6.07) is 0. The largest absolute Gasteiger partial charge is 0.550 e. The number of nitrogens with zero attached hydrogens (tertiary/aromatic N) is 1. The van der Waals surface area contributed by atoms with Crippen molar-refractivity contribution < 1.29 is 19.5 Å². The summed E-state index contributed by atoms with van der Waals surface area (Å²) in [5.41, 5.74) is 0. The number of likely N-dealkylation sites (N-methyl/N-ethyl adjacent to an activating group) is 1. The average Bonchev–Trinajstić information content (AvgIpc) is 2.42. The number of carbonyl (C=O) groups is 1. The second-order valence-electron chi connectivity index (χ2n) is 5.79. The van der Waals surface area contributed by atoms with Crippen molar-refractivity contribution in [3.8, 4) is 0 Å². The van der Waals surface area contributed by atoms with Crippen LogP contribution in [0.3, 0.4) is 0 Å². The van der Waals surface area contributed by atoms with Gasteiger partial charge in [0.05, 0.1) is 19.6 Å². The number of aliphatic hydroxyl groups excluding tert-OH is 1. The molecule has 0 aliphatic carbocycles. The van der Waals surface area contributed by atoms with Crippen LogP contribution in [-0.4, -0.2) is 47.8 Å². The number of aliphatic hydroxyl groups is 1. The third kappa shape index (κ3) is 7.06. The van der Waals surface area contributed by atoms with E-state index in [9.17, 15) is 15.0 Å². The van der Waals surface area contributed by atoms with Crippen LogP contribution >= 0.6 is 0 Å². The Morgan fingerprint density at radius 3 is 2.35 bits per heavy atom. The fraction of sp³-hybridized carbons (Fsp3) is 0.812. The van der Waals surface area contributed by atoms with Gasteiger partial charge in [-0.05, 0) is 33.1 Å². The summed E-state index contributed by atoms with van der Waals surface area (Å²) in [6.45, 7) is 12.3. The lowest BCUT2D eigenvalue weighted by atomic mass is 10.1. The van der Waals surface area contributed by atoms with E-state index in [4.69, 9.17) is 0 Å². The van der Waals surface area contributed by atoms with E-state index in [0.717, 1.165) is 38.8 Å². The maximum atomic E-state index is 10.9. The monoisotopic (exact) mass is 285 g/mol. The second kappa shape index (κ2) is 9.94.